The minimum Gasteiger partial charge on any atom is -0.368 e. The Kier molecular flexibility index (Phi) is 3.21. The highest BCUT2D eigenvalue weighted by Crippen LogP contribution is 2.15. The molecule has 8 nitrogen and oxygen atoms in total. The molecular formula is C14H14N6O2. The van der Waals surface area contributed by atoms with Gasteiger partial charge in [0.2, 0.25) is 5.91 Å². The summed E-state index contributed by atoms with van der Waals surface area (Å²) in [6, 6.07) is 5.79. The number of aryl methyl sites for hydroxylation is 2. The van der Waals surface area contributed by atoms with Crippen molar-refractivity contribution < 1.29 is 4.79 Å². The Morgan fingerprint density at radius 2 is 2.05 bits per heavy atom. The minimum atomic E-state index is -0.621. The first-order chi connectivity index (χ1) is 10.5. The van der Waals surface area contributed by atoms with E-state index in [0.717, 1.165) is 21.4 Å². The van der Waals surface area contributed by atoms with Crippen LogP contribution in [-0.4, -0.2) is 30.5 Å². The Hall–Kier alpha value is -3.03. The number of nitrogens with two attached hydrogens (primary N) is 1. The molecule has 2 heterocycles. The maximum absolute atomic E-state index is 12.2. The maximum Gasteiger partial charge on any atom is 0.284 e. The standard InChI is InChI=1S/C14H14N6O2/c1-8-3-4-10(5-9(8)2)20-13-12(17-18-20)14(22)19(7-16-13)6-11(15)21/h3-5,7H,6H2,1-2H3,(H2,15,21). The molecule has 0 spiro atoms. The van der Waals surface area contributed by atoms with Crippen molar-refractivity contribution >= 4 is 17.1 Å². The fourth-order valence-corrected chi connectivity index (χ4v) is 2.16. The largest absolute Gasteiger partial charge is 0.368 e. The monoisotopic (exact) mass is 298 g/mol. The summed E-state index contributed by atoms with van der Waals surface area (Å²) >= 11 is 0. The number of fused-ring (bicyclic) bond motifs is 1. The van der Waals surface area contributed by atoms with Crippen molar-refractivity contribution in [2.75, 3.05) is 0 Å². The van der Waals surface area contributed by atoms with Gasteiger partial charge in [0, 0.05) is 0 Å². The van der Waals surface area contributed by atoms with Crippen LogP contribution in [0.1, 0.15) is 11.1 Å². The van der Waals surface area contributed by atoms with Crippen LogP contribution in [0.4, 0.5) is 0 Å². The number of hydrogen-bond acceptors (Lipinski definition) is 5. The lowest BCUT2D eigenvalue weighted by molar-refractivity contribution is -0.118. The summed E-state index contributed by atoms with van der Waals surface area (Å²) in [5, 5.41) is 7.87. The van der Waals surface area contributed by atoms with Gasteiger partial charge in [-0.2, -0.15) is 4.68 Å². The molecule has 0 saturated heterocycles. The summed E-state index contributed by atoms with van der Waals surface area (Å²) in [7, 11) is 0. The molecule has 0 aliphatic heterocycles. The van der Waals surface area contributed by atoms with Crippen LogP contribution >= 0.6 is 0 Å². The lowest BCUT2D eigenvalue weighted by Crippen LogP contribution is -2.28. The van der Waals surface area contributed by atoms with Gasteiger partial charge in [-0.3, -0.25) is 14.2 Å². The molecule has 0 bridgehead atoms. The number of carbonyl (C=O) groups is 1. The molecule has 0 saturated carbocycles. The SMILES string of the molecule is Cc1ccc(-n2nnc3c(=O)n(CC(N)=O)cnc32)cc1C. The van der Waals surface area contributed by atoms with Crippen LogP contribution in [-0.2, 0) is 11.3 Å². The van der Waals surface area contributed by atoms with Gasteiger partial charge in [-0.05, 0) is 37.1 Å². The third-order valence-electron chi connectivity index (χ3n) is 3.49. The molecule has 1 amide bonds. The van der Waals surface area contributed by atoms with E-state index in [1.54, 1.807) is 0 Å². The zero-order valence-electron chi connectivity index (χ0n) is 12.1. The maximum atomic E-state index is 12.2. The van der Waals surface area contributed by atoms with Crippen LogP contribution in [0.25, 0.3) is 16.9 Å². The second-order valence-electron chi connectivity index (χ2n) is 5.09. The van der Waals surface area contributed by atoms with Crippen molar-refractivity contribution in [3.63, 3.8) is 0 Å². The van der Waals surface area contributed by atoms with Crippen molar-refractivity contribution in [1.29, 1.82) is 0 Å². The Morgan fingerprint density at radius 1 is 1.27 bits per heavy atom. The second kappa shape index (κ2) is 5.06. The van der Waals surface area contributed by atoms with Crippen molar-refractivity contribution in [2.45, 2.75) is 20.4 Å². The molecule has 2 aromatic heterocycles. The average molecular weight is 298 g/mol. The fourth-order valence-electron chi connectivity index (χ4n) is 2.16. The lowest BCUT2D eigenvalue weighted by Gasteiger charge is -2.05. The normalized spacial score (nSPS) is 11.0. The van der Waals surface area contributed by atoms with Gasteiger partial charge in [0.05, 0.1) is 5.69 Å². The molecule has 0 atom stereocenters. The molecule has 22 heavy (non-hydrogen) atoms. The molecule has 0 aliphatic rings. The van der Waals surface area contributed by atoms with Crippen molar-refractivity contribution in [2.24, 2.45) is 5.73 Å². The summed E-state index contributed by atoms with van der Waals surface area (Å²) in [6.07, 6.45) is 1.27. The Labute approximate surface area is 125 Å². The second-order valence-corrected chi connectivity index (χ2v) is 5.09. The topological polar surface area (TPSA) is 109 Å². The highest BCUT2D eigenvalue weighted by atomic mass is 16.2. The van der Waals surface area contributed by atoms with Crippen molar-refractivity contribution in [1.82, 2.24) is 24.5 Å². The van der Waals surface area contributed by atoms with Crippen LogP contribution in [0.15, 0.2) is 29.3 Å². The predicted molar refractivity (Wildman–Crippen MR) is 79.6 cm³/mol. The predicted octanol–water partition coefficient (Wildman–Crippen LogP) is 0.0793. The van der Waals surface area contributed by atoms with Crippen LogP contribution in [0.5, 0.6) is 0 Å². The number of nitrogens with zero attached hydrogens (tertiary/aromatic N) is 5. The van der Waals surface area contributed by atoms with E-state index < -0.39 is 11.5 Å². The first-order valence-electron chi connectivity index (χ1n) is 6.64. The van der Waals surface area contributed by atoms with Gasteiger partial charge in [-0.15, -0.1) is 5.10 Å². The minimum absolute atomic E-state index is 0.0991. The zero-order chi connectivity index (χ0) is 15.9. The highest BCUT2D eigenvalue weighted by molar-refractivity contribution is 5.74. The fraction of sp³-hybridized carbons (Fsp3) is 0.214. The third-order valence-corrected chi connectivity index (χ3v) is 3.49. The van der Waals surface area contributed by atoms with Gasteiger partial charge in [0.1, 0.15) is 12.9 Å². The average Bonchev–Trinajstić information content (AvgIpc) is 2.89. The lowest BCUT2D eigenvalue weighted by atomic mass is 10.1. The molecule has 8 heteroatoms. The Bertz CT molecular complexity index is 940. The summed E-state index contributed by atoms with van der Waals surface area (Å²) in [4.78, 5) is 27.4. The van der Waals surface area contributed by atoms with E-state index in [1.165, 1.54) is 11.0 Å². The molecule has 112 valence electrons. The summed E-state index contributed by atoms with van der Waals surface area (Å²) in [6.45, 7) is 3.77. The molecule has 0 aliphatic carbocycles. The van der Waals surface area contributed by atoms with E-state index >= 15 is 0 Å². The number of benzene rings is 1. The van der Waals surface area contributed by atoms with Crippen LogP contribution in [0, 0.1) is 13.8 Å². The van der Waals surface area contributed by atoms with Gasteiger partial charge in [0.25, 0.3) is 5.56 Å². The number of hydrogen-bond donors (Lipinski definition) is 1. The first kappa shape index (κ1) is 13.9. The van der Waals surface area contributed by atoms with Crippen LogP contribution < -0.4 is 11.3 Å². The molecule has 0 fully saturated rings. The third kappa shape index (κ3) is 2.24. The van der Waals surface area contributed by atoms with Crippen molar-refractivity contribution in [3.05, 3.63) is 46.0 Å². The van der Waals surface area contributed by atoms with E-state index in [1.807, 2.05) is 32.0 Å². The number of rotatable bonds is 3. The Morgan fingerprint density at radius 3 is 2.73 bits per heavy atom. The van der Waals surface area contributed by atoms with Gasteiger partial charge >= 0.3 is 0 Å². The molecule has 0 unspecified atom stereocenters. The molecule has 2 N–H and O–H groups in total. The summed E-state index contributed by atoms with van der Waals surface area (Å²) < 4.78 is 2.61. The van der Waals surface area contributed by atoms with Gasteiger partial charge in [-0.25, -0.2) is 4.98 Å². The molecular weight excluding hydrogens is 284 g/mol. The van der Waals surface area contributed by atoms with Gasteiger partial charge in [-0.1, -0.05) is 11.3 Å². The number of amides is 1. The molecule has 3 rings (SSSR count). The van der Waals surface area contributed by atoms with E-state index in [0.29, 0.717) is 5.65 Å². The number of primary amides is 1. The number of carbonyl (C=O) groups excluding carboxylic acids is 1. The van der Waals surface area contributed by atoms with Gasteiger partial charge < -0.3 is 5.73 Å². The van der Waals surface area contributed by atoms with Crippen molar-refractivity contribution in [3.8, 4) is 5.69 Å². The molecule has 0 radical (unpaired) electrons. The quantitative estimate of drug-likeness (QED) is 0.736. The summed E-state index contributed by atoms with van der Waals surface area (Å²) in [5.74, 6) is -0.621. The van der Waals surface area contributed by atoms with E-state index in [2.05, 4.69) is 15.3 Å². The summed E-state index contributed by atoms with van der Waals surface area (Å²) in [5.41, 5.74) is 8.12. The van der Waals surface area contributed by atoms with E-state index in [-0.39, 0.29) is 12.1 Å². The van der Waals surface area contributed by atoms with Gasteiger partial charge in [0.15, 0.2) is 11.2 Å². The smallest absolute Gasteiger partial charge is 0.284 e. The van der Waals surface area contributed by atoms with E-state index in [4.69, 9.17) is 5.73 Å². The highest BCUT2D eigenvalue weighted by Gasteiger charge is 2.14. The molecule has 3 aromatic rings. The van der Waals surface area contributed by atoms with E-state index in [9.17, 15) is 9.59 Å². The van der Waals surface area contributed by atoms with Crippen LogP contribution in [0.3, 0.4) is 0 Å². The van der Waals surface area contributed by atoms with Crippen LogP contribution in [0.2, 0.25) is 0 Å². The Balaban J connectivity index is 2.17. The molecule has 1 aromatic carbocycles. The first-order valence-corrected chi connectivity index (χ1v) is 6.64. The zero-order valence-corrected chi connectivity index (χ0v) is 12.1. The number of aromatic nitrogens is 5.